The van der Waals surface area contributed by atoms with Gasteiger partial charge in [-0.05, 0) is 24.1 Å². The van der Waals surface area contributed by atoms with Gasteiger partial charge in [0.25, 0.3) is 0 Å². The molecule has 0 radical (unpaired) electrons. The third-order valence-corrected chi connectivity index (χ3v) is 3.04. The summed E-state index contributed by atoms with van der Waals surface area (Å²) in [5.74, 6) is 0.936. The molecule has 1 aromatic carbocycles. The van der Waals surface area contributed by atoms with Crippen LogP contribution in [0.25, 0.3) is 0 Å². The van der Waals surface area contributed by atoms with Crippen molar-refractivity contribution in [3.8, 4) is 5.75 Å². The van der Waals surface area contributed by atoms with E-state index >= 15 is 0 Å². The SMILES string of the molecule is O=C(CCCO)Cc1cc(Cl)cc2c1OCC2. The van der Waals surface area contributed by atoms with Crippen LogP contribution in [-0.2, 0) is 17.6 Å². The quantitative estimate of drug-likeness (QED) is 0.876. The zero-order valence-corrected chi connectivity index (χ0v) is 10.3. The molecular formula is C13H15ClO3. The first-order valence-corrected chi connectivity index (χ1v) is 6.15. The van der Waals surface area contributed by atoms with Crippen LogP contribution in [0.5, 0.6) is 5.75 Å². The molecule has 1 N–H and O–H groups in total. The topological polar surface area (TPSA) is 46.5 Å². The van der Waals surface area contributed by atoms with E-state index < -0.39 is 0 Å². The van der Waals surface area contributed by atoms with Crippen LogP contribution in [0.15, 0.2) is 12.1 Å². The van der Waals surface area contributed by atoms with Gasteiger partial charge in [-0.1, -0.05) is 11.6 Å². The number of fused-ring (bicyclic) bond motifs is 1. The highest BCUT2D eigenvalue weighted by atomic mass is 35.5. The van der Waals surface area contributed by atoms with E-state index in [-0.39, 0.29) is 12.4 Å². The Balaban J connectivity index is 2.13. The molecule has 0 aliphatic carbocycles. The molecule has 0 bridgehead atoms. The summed E-state index contributed by atoms with van der Waals surface area (Å²) in [7, 11) is 0. The molecule has 1 aliphatic heterocycles. The first kappa shape index (κ1) is 12.4. The third kappa shape index (κ3) is 2.99. The Kier molecular flexibility index (Phi) is 4.02. The number of rotatable bonds is 5. The number of benzene rings is 1. The highest BCUT2D eigenvalue weighted by Gasteiger charge is 2.19. The summed E-state index contributed by atoms with van der Waals surface area (Å²) in [5.41, 5.74) is 1.95. The minimum absolute atomic E-state index is 0.0515. The van der Waals surface area contributed by atoms with Gasteiger partial charge in [0.15, 0.2) is 0 Å². The zero-order chi connectivity index (χ0) is 12.3. The molecule has 0 saturated carbocycles. The highest BCUT2D eigenvalue weighted by molar-refractivity contribution is 6.30. The lowest BCUT2D eigenvalue weighted by Gasteiger charge is -2.08. The number of Topliss-reactive ketones (excluding diaryl/α,β-unsaturated/α-hetero) is 1. The number of halogens is 1. The second-order valence-corrected chi connectivity index (χ2v) is 4.63. The highest BCUT2D eigenvalue weighted by Crippen LogP contribution is 2.33. The van der Waals surface area contributed by atoms with Crippen molar-refractivity contribution in [1.29, 1.82) is 0 Å². The van der Waals surface area contributed by atoms with Crippen molar-refractivity contribution in [2.24, 2.45) is 0 Å². The lowest BCUT2D eigenvalue weighted by molar-refractivity contribution is -0.118. The molecule has 0 atom stereocenters. The summed E-state index contributed by atoms with van der Waals surface area (Å²) in [6.07, 6.45) is 2.11. The number of aliphatic hydroxyl groups excluding tert-OH is 1. The number of ether oxygens (including phenoxy) is 1. The summed E-state index contributed by atoms with van der Waals surface area (Å²) < 4.78 is 5.53. The minimum Gasteiger partial charge on any atom is -0.493 e. The van der Waals surface area contributed by atoms with Gasteiger partial charge in [0, 0.05) is 36.5 Å². The Morgan fingerprint density at radius 1 is 1.47 bits per heavy atom. The maximum Gasteiger partial charge on any atom is 0.137 e. The second kappa shape index (κ2) is 5.52. The van der Waals surface area contributed by atoms with Gasteiger partial charge in [0.2, 0.25) is 0 Å². The fraction of sp³-hybridized carbons (Fsp3) is 0.462. The number of aliphatic hydroxyl groups is 1. The van der Waals surface area contributed by atoms with Gasteiger partial charge < -0.3 is 9.84 Å². The van der Waals surface area contributed by atoms with Gasteiger partial charge in [-0.2, -0.15) is 0 Å². The van der Waals surface area contributed by atoms with Crippen molar-refractivity contribution >= 4 is 17.4 Å². The van der Waals surface area contributed by atoms with Gasteiger partial charge in [0.05, 0.1) is 6.61 Å². The van der Waals surface area contributed by atoms with Gasteiger partial charge >= 0.3 is 0 Å². The summed E-state index contributed by atoms with van der Waals surface area (Å²) in [5, 5.41) is 9.33. The van der Waals surface area contributed by atoms with E-state index in [0.717, 1.165) is 23.3 Å². The molecule has 0 fully saturated rings. The molecule has 0 unspecified atom stereocenters. The van der Waals surface area contributed by atoms with Crippen molar-refractivity contribution in [2.75, 3.05) is 13.2 Å². The predicted octanol–water partition coefficient (Wildman–Crippen LogP) is 2.16. The largest absolute Gasteiger partial charge is 0.493 e. The van der Waals surface area contributed by atoms with Crippen LogP contribution in [0.2, 0.25) is 5.02 Å². The molecule has 3 nitrogen and oxygen atoms in total. The molecule has 0 spiro atoms. The molecule has 92 valence electrons. The van der Waals surface area contributed by atoms with Crippen LogP contribution in [-0.4, -0.2) is 24.1 Å². The van der Waals surface area contributed by atoms with Crippen molar-refractivity contribution < 1.29 is 14.6 Å². The standard InChI is InChI=1S/C13H15ClO3/c14-11-6-9-3-5-17-13(9)10(7-11)8-12(16)2-1-4-15/h6-7,15H,1-5,8H2. The Labute approximate surface area is 105 Å². The molecular weight excluding hydrogens is 240 g/mol. The Hall–Kier alpha value is -1.06. The van der Waals surface area contributed by atoms with Crippen molar-refractivity contribution in [1.82, 2.24) is 0 Å². The minimum atomic E-state index is 0.0515. The van der Waals surface area contributed by atoms with Crippen LogP contribution in [0.3, 0.4) is 0 Å². The monoisotopic (exact) mass is 254 g/mol. The van der Waals surface area contributed by atoms with Crippen LogP contribution in [0, 0.1) is 0 Å². The first-order chi connectivity index (χ1) is 8.20. The third-order valence-electron chi connectivity index (χ3n) is 2.83. The Bertz CT molecular complexity index is 429. The predicted molar refractivity (Wildman–Crippen MR) is 65.7 cm³/mol. The smallest absolute Gasteiger partial charge is 0.137 e. The van der Waals surface area contributed by atoms with E-state index in [0.29, 0.717) is 30.9 Å². The molecule has 1 aromatic rings. The van der Waals surface area contributed by atoms with Gasteiger partial charge in [-0.3, -0.25) is 4.79 Å². The summed E-state index contributed by atoms with van der Waals surface area (Å²) >= 11 is 6.01. The molecule has 4 heteroatoms. The van der Waals surface area contributed by atoms with Crippen molar-refractivity contribution in [3.05, 3.63) is 28.3 Å². The van der Waals surface area contributed by atoms with E-state index in [9.17, 15) is 4.79 Å². The molecule has 1 aliphatic rings. The average Bonchev–Trinajstić information content (AvgIpc) is 2.74. The lowest BCUT2D eigenvalue weighted by Crippen LogP contribution is -2.05. The normalized spacial score (nSPS) is 13.3. The number of carbonyl (C=O) groups is 1. The maximum absolute atomic E-state index is 11.7. The molecule has 0 amide bonds. The summed E-state index contributed by atoms with van der Waals surface area (Å²) in [6, 6.07) is 3.69. The summed E-state index contributed by atoms with van der Waals surface area (Å²) in [4.78, 5) is 11.7. The molecule has 0 aromatic heterocycles. The van der Waals surface area contributed by atoms with Crippen LogP contribution >= 0.6 is 11.6 Å². The van der Waals surface area contributed by atoms with E-state index in [1.165, 1.54) is 0 Å². The van der Waals surface area contributed by atoms with Crippen molar-refractivity contribution in [3.63, 3.8) is 0 Å². The fourth-order valence-electron chi connectivity index (χ4n) is 2.05. The van der Waals surface area contributed by atoms with Crippen LogP contribution in [0.1, 0.15) is 24.0 Å². The number of carbonyl (C=O) groups excluding carboxylic acids is 1. The zero-order valence-electron chi connectivity index (χ0n) is 9.54. The van der Waals surface area contributed by atoms with Crippen LogP contribution in [0.4, 0.5) is 0 Å². The maximum atomic E-state index is 11.7. The Morgan fingerprint density at radius 3 is 3.06 bits per heavy atom. The molecule has 1 heterocycles. The van der Waals surface area contributed by atoms with Gasteiger partial charge in [0.1, 0.15) is 11.5 Å². The first-order valence-electron chi connectivity index (χ1n) is 5.77. The Morgan fingerprint density at radius 2 is 2.29 bits per heavy atom. The van der Waals surface area contributed by atoms with Gasteiger partial charge in [-0.15, -0.1) is 0 Å². The number of ketones is 1. The molecule has 2 rings (SSSR count). The second-order valence-electron chi connectivity index (χ2n) is 4.19. The number of hydrogen-bond donors (Lipinski definition) is 1. The lowest BCUT2D eigenvalue weighted by atomic mass is 10.0. The van der Waals surface area contributed by atoms with E-state index in [1.807, 2.05) is 6.07 Å². The molecule has 0 saturated heterocycles. The average molecular weight is 255 g/mol. The van der Waals surface area contributed by atoms with Crippen molar-refractivity contribution in [2.45, 2.75) is 25.7 Å². The van der Waals surface area contributed by atoms with E-state index in [1.54, 1.807) is 6.07 Å². The number of hydrogen-bond acceptors (Lipinski definition) is 3. The fourth-order valence-corrected chi connectivity index (χ4v) is 2.32. The van der Waals surface area contributed by atoms with E-state index in [2.05, 4.69) is 0 Å². The van der Waals surface area contributed by atoms with E-state index in [4.69, 9.17) is 21.4 Å². The van der Waals surface area contributed by atoms with Crippen LogP contribution < -0.4 is 4.74 Å². The van der Waals surface area contributed by atoms with Gasteiger partial charge in [-0.25, -0.2) is 0 Å². The summed E-state index contributed by atoms with van der Waals surface area (Å²) in [6.45, 7) is 0.712. The molecule has 17 heavy (non-hydrogen) atoms.